The summed E-state index contributed by atoms with van der Waals surface area (Å²) in [6.45, 7) is 2.54. The third-order valence-electron chi connectivity index (χ3n) is 15.4. The van der Waals surface area contributed by atoms with Crippen LogP contribution in [-0.2, 0) is 0 Å². The van der Waals surface area contributed by atoms with Gasteiger partial charge in [0.05, 0.1) is 5.69 Å². The van der Waals surface area contributed by atoms with Crippen LogP contribution in [0.25, 0.3) is 11.3 Å². The van der Waals surface area contributed by atoms with Crippen LogP contribution >= 0.6 is 15.9 Å². The molecule has 0 spiro atoms. The normalized spacial score (nSPS) is 18.1. The third kappa shape index (κ3) is 15.0. The molecule has 6 rings (SSSR count). The SMILES string of the molecule is CC12CC3CC(C1)c1ccc(-c4ccc(Br)cn4)cc1C(C3)C2.[B]B([B])B([B])B(B(B([B])[B])B([B])[B])B(B(B(B([B])[B])B([B])[B])B(B([B])[B])B([B])[B])B(B(B([B])[B])B([B])[B])B(B([B])[B])B([B])[B]. The van der Waals surface area contributed by atoms with Crippen LogP contribution in [0.5, 0.6) is 0 Å². The molecule has 0 saturated heterocycles. The minimum Gasteiger partial charge on any atom is -0.255 e. The Morgan fingerprint density at radius 1 is 0.433 bits per heavy atom. The maximum Gasteiger partial charge on any atom is 0.0702 e. The van der Waals surface area contributed by atoms with Gasteiger partial charge in [-0.2, -0.15) is 0 Å². The second-order valence-electron chi connectivity index (χ2n) is 20.5. The van der Waals surface area contributed by atoms with Gasteiger partial charge in [-0.05, 0) is 101 Å². The lowest BCUT2D eigenvalue weighted by Crippen LogP contribution is -2.93. The van der Waals surface area contributed by atoms with Crippen molar-refractivity contribution in [2.45, 2.75) is 50.9 Å². The summed E-state index contributed by atoms with van der Waals surface area (Å²) in [5.74, 6) is 2.53. The van der Waals surface area contributed by atoms with Crippen molar-refractivity contribution in [1.29, 1.82) is 0 Å². The first-order valence-corrected chi connectivity index (χ1v) is 24.0. The molecule has 2 aromatic rings. The van der Waals surface area contributed by atoms with Crippen LogP contribution < -0.4 is 0 Å². The Bertz CT molecular complexity index is 1690. The van der Waals surface area contributed by atoms with Crippen molar-refractivity contribution in [2.24, 2.45) is 11.3 Å². The second-order valence-corrected chi connectivity index (χ2v) is 21.4. The van der Waals surface area contributed by atoms with Gasteiger partial charge in [-0.3, -0.25) is 4.98 Å². The van der Waals surface area contributed by atoms with Gasteiger partial charge in [0.25, 0.3) is 0 Å². The van der Waals surface area contributed by atoms with Gasteiger partial charge >= 0.3 is 0 Å². The molecule has 1 aromatic carbocycles. The number of nitrogens with zero attached hydrogens (tertiary/aromatic N) is 1. The molecule has 0 amide bonds. The molecule has 4 atom stereocenters. The summed E-state index contributed by atoms with van der Waals surface area (Å²) in [5.41, 5.74) is 6.25. The minimum atomic E-state index is -1.27. The lowest BCUT2D eigenvalue weighted by molar-refractivity contribution is 0.0766. The van der Waals surface area contributed by atoms with Crippen molar-refractivity contribution >= 4 is 328 Å². The first-order valence-electron chi connectivity index (χ1n) is 23.2. The van der Waals surface area contributed by atoms with Crippen LogP contribution in [0.1, 0.15) is 62.0 Å². The van der Waals surface area contributed by atoms with Crippen LogP contribution in [0.2, 0.25) is 0 Å². The van der Waals surface area contributed by atoms with E-state index in [2.05, 4.69) is 58.2 Å². The van der Waals surface area contributed by atoms with Crippen molar-refractivity contribution in [3.63, 3.8) is 0 Å². The van der Waals surface area contributed by atoms with Gasteiger partial charge in [0, 0.05) is 328 Å². The zero-order valence-electron chi connectivity index (χ0n) is 39.0. The number of hydrogen-bond donors (Lipinski definition) is 0. The zero-order valence-corrected chi connectivity index (χ0v) is 40.5. The van der Waals surface area contributed by atoms with Crippen LogP contribution in [0.3, 0.4) is 0 Å². The van der Waals surface area contributed by atoms with E-state index in [0.717, 1.165) is 27.9 Å². The van der Waals surface area contributed by atoms with Crippen LogP contribution in [0, 0.1) is 11.3 Å². The molecule has 0 aliphatic heterocycles. The van der Waals surface area contributed by atoms with E-state index in [4.69, 9.17) is 178 Å². The van der Waals surface area contributed by atoms with Gasteiger partial charge in [0.15, 0.2) is 0 Å². The molecule has 1 heterocycles. The predicted molar refractivity (Wildman–Crippen MR) is 351 cm³/mol. The summed E-state index contributed by atoms with van der Waals surface area (Å²) >= 11 is 3.48. The first-order chi connectivity index (χ1) is 31.0. The Balaban J connectivity index is 0.000000348. The lowest BCUT2D eigenvalue weighted by atomic mass is 8.26. The van der Waals surface area contributed by atoms with E-state index in [0.29, 0.717) is 5.41 Å². The summed E-state index contributed by atoms with van der Waals surface area (Å²) in [6, 6.07) is 11.4. The lowest BCUT2D eigenvalue weighted by Gasteiger charge is -2.55. The van der Waals surface area contributed by atoms with E-state index in [1.807, 2.05) is 6.20 Å². The summed E-state index contributed by atoms with van der Waals surface area (Å²) in [4.78, 5) is 4.60. The van der Waals surface area contributed by atoms with E-state index in [1.165, 1.54) is 37.7 Å². The van der Waals surface area contributed by atoms with E-state index in [9.17, 15) is 0 Å². The van der Waals surface area contributed by atoms with Crippen molar-refractivity contribution in [2.75, 3.05) is 0 Å². The number of halogens is 1. The standard InChI is InChI=1S/C21H22BrN.B44/c1-21-9-13-6-15(10-21)18-4-2-14(8-19(18)16(7-13)11-21)20-5-3-17(22)12-23-20;1-24(2)35(23)41(36(25(3)4)26(5)6)44(42(37(27(7)8)28(9)10)38(29(11)12)30(13)14)43(39(31(15)16)32(17)18)40(33(19)20)34(21)22/h2-5,8,12-13,15-16H,6-7,9-11H2,1H3;. The molecule has 2 saturated carbocycles. The third-order valence-corrected chi connectivity index (χ3v) is 15.8. The molecule has 4 aliphatic rings. The fraction of sp³-hybridized carbons (Fsp3) is 0.476. The highest BCUT2D eigenvalue weighted by molar-refractivity contribution is 9.10. The predicted octanol–water partition coefficient (Wildman–Crippen LogP) is -10.5. The fourth-order valence-corrected chi connectivity index (χ4v) is 13.3. The molecule has 67 heavy (non-hydrogen) atoms. The molecule has 4 aliphatic carbocycles. The number of hydrogen-bond acceptors (Lipinski definition) is 1. The molecular formula is C21H22B44BrN. The average molecular weight is 844 g/mol. The van der Waals surface area contributed by atoms with Gasteiger partial charge in [-0.15, -0.1) is 0 Å². The molecule has 250 valence electrons. The van der Waals surface area contributed by atoms with Gasteiger partial charge in [-0.1, -0.05) is 19.1 Å². The monoisotopic (exact) mass is 852 g/mol. The van der Waals surface area contributed by atoms with Crippen molar-refractivity contribution in [1.82, 2.24) is 4.98 Å². The number of aromatic nitrogens is 1. The van der Waals surface area contributed by atoms with Gasteiger partial charge < -0.3 is 0 Å². The molecule has 4 unspecified atom stereocenters. The van der Waals surface area contributed by atoms with Gasteiger partial charge in [0.1, 0.15) is 0 Å². The molecule has 46 radical (unpaired) electrons. The van der Waals surface area contributed by atoms with Crippen molar-refractivity contribution in [3.8, 4) is 11.3 Å². The average Bonchev–Trinajstić information content (AvgIpc) is 3.33. The molecule has 1 aromatic heterocycles. The topological polar surface area (TPSA) is 12.9 Å². The highest BCUT2D eigenvalue weighted by Gasteiger charge is 2.58. The Hall–Kier alpha value is 1.71. The molecule has 1 nitrogen and oxygen atoms in total. The first kappa shape index (κ1) is 61.3. The van der Waals surface area contributed by atoms with E-state index in [-0.39, 0.29) is 0 Å². The summed E-state index contributed by atoms with van der Waals surface area (Å²) in [5, 5.41) is 0. The Labute approximate surface area is 454 Å². The van der Waals surface area contributed by atoms with Gasteiger partial charge in [0.2, 0.25) is 0 Å². The van der Waals surface area contributed by atoms with Crippen LogP contribution in [0.4, 0.5) is 0 Å². The molecule has 4 bridgehead atoms. The molecule has 46 heteroatoms. The van der Waals surface area contributed by atoms with E-state index in [1.54, 1.807) is 11.1 Å². The molecule has 0 N–H and O–H groups in total. The highest BCUT2D eigenvalue weighted by Crippen LogP contribution is 2.61. The number of rotatable bonds is 21. The minimum absolute atomic E-state index is 0.589. The number of pyridine rings is 1. The second kappa shape index (κ2) is 26.5. The Morgan fingerprint density at radius 2 is 0.791 bits per heavy atom. The van der Waals surface area contributed by atoms with Crippen LogP contribution in [-0.4, -0.2) is 317 Å². The highest BCUT2D eigenvalue weighted by atomic mass is 79.9. The van der Waals surface area contributed by atoms with E-state index >= 15 is 0 Å². The zero-order chi connectivity index (χ0) is 50.7. The maximum absolute atomic E-state index is 6.75. The summed E-state index contributed by atoms with van der Waals surface area (Å²) < 4.78 is 1.04. The van der Waals surface area contributed by atoms with Crippen LogP contribution in [0.15, 0.2) is 41.0 Å². The summed E-state index contributed by atoms with van der Waals surface area (Å²) in [6.07, 6.45) is -16.3. The van der Waals surface area contributed by atoms with E-state index < -0.39 is 134 Å². The fourth-order valence-electron chi connectivity index (χ4n) is 13.0. The largest absolute Gasteiger partial charge is 0.255 e. The smallest absolute Gasteiger partial charge is 0.0702 e. The summed E-state index contributed by atoms with van der Waals surface area (Å²) in [7, 11) is 145. The van der Waals surface area contributed by atoms with Crippen molar-refractivity contribution < 1.29 is 0 Å². The maximum atomic E-state index is 6.75. The Morgan fingerprint density at radius 3 is 1.12 bits per heavy atom. The molecule has 2 fully saturated rings. The van der Waals surface area contributed by atoms with Crippen molar-refractivity contribution in [3.05, 3.63) is 52.1 Å². The Kier molecular flexibility index (Phi) is 24.2. The molecular weight excluding hydrogens is 822 g/mol. The number of benzene rings is 1. The quantitative estimate of drug-likeness (QED) is 0.114. The van der Waals surface area contributed by atoms with Gasteiger partial charge in [-0.25, -0.2) is 0 Å².